The normalized spacial score (nSPS) is 17.1. The number of methoxy groups -OCH3 is 1. The van der Waals surface area contributed by atoms with Crippen LogP contribution in [0.2, 0.25) is 0 Å². The number of ether oxygens (including phenoxy) is 1. The van der Waals surface area contributed by atoms with Crippen molar-refractivity contribution in [2.45, 2.75) is 51.0 Å². The molecular weight excluding hydrogens is 258 g/mol. The molecule has 1 saturated carbocycles. The zero-order chi connectivity index (χ0) is 14.4. The molecule has 6 heteroatoms. The molecule has 6 nitrogen and oxygen atoms in total. The molecule has 110 valence electrons. The first-order valence-corrected chi connectivity index (χ1v) is 7.16. The molecule has 0 amide bonds. The standard InChI is InChI=1S/C14H21N3O3/c1-20-13-10-9-12(17(18)19)14(16-13)15-11-7-5-3-2-4-6-8-11/h9-11H,2-8H2,1H3,(H,15,16). The first-order valence-electron chi connectivity index (χ1n) is 7.16. The molecule has 0 unspecified atom stereocenters. The molecule has 1 heterocycles. The van der Waals surface area contributed by atoms with Gasteiger partial charge in [0.1, 0.15) is 0 Å². The number of nitrogens with one attached hydrogen (secondary N) is 1. The molecule has 0 atom stereocenters. The average Bonchev–Trinajstić information content (AvgIpc) is 2.41. The van der Waals surface area contributed by atoms with E-state index in [1.807, 2.05) is 0 Å². The van der Waals surface area contributed by atoms with E-state index < -0.39 is 4.92 Å². The third-order valence-corrected chi connectivity index (χ3v) is 3.70. The van der Waals surface area contributed by atoms with Crippen LogP contribution in [0.15, 0.2) is 12.1 Å². The first kappa shape index (κ1) is 14.6. The van der Waals surface area contributed by atoms with Crippen molar-refractivity contribution in [3.8, 4) is 5.88 Å². The van der Waals surface area contributed by atoms with Crippen LogP contribution in [0.3, 0.4) is 0 Å². The Morgan fingerprint density at radius 1 is 1.25 bits per heavy atom. The van der Waals surface area contributed by atoms with Gasteiger partial charge < -0.3 is 10.1 Å². The molecule has 0 saturated heterocycles. The maximum absolute atomic E-state index is 11.1. The summed E-state index contributed by atoms with van der Waals surface area (Å²) in [5, 5.41) is 14.3. The van der Waals surface area contributed by atoms with Gasteiger partial charge in [-0.2, -0.15) is 4.98 Å². The summed E-state index contributed by atoms with van der Waals surface area (Å²) in [6.07, 6.45) is 8.18. The molecule has 1 aliphatic carbocycles. The largest absolute Gasteiger partial charge is 0.481 e. The number of pyridine rings is 1. The highest BCUT2D eigenvalue weighted by Gasteiger charge is 2.20. The number of hydrogen-bond donors (Lipinski definition) is 1. The molecule has 1 aromatic heterocycles. The number of nitro groups is 1. The van der Waals surface area contributed by atoms with Gasteiger partial charge in [-0.1, -0.05) is 32.1 Å². The summed E-state index contributed by atoms with van der Waals surface area (Å²) in [4.78, 5) is 14.9. The van der Waals surface area contributed by atoms with Crippen LogP contribution in [0.25, 0.3) is 0 Å². The van der Waals surface area contributed by atoms with Crippen molar-refractivity contribution >= 4 is 11.5 Å². The zero-order valence-corrected chi connectivity index (χ0v) is 11.8. The second kappa shape index (κ2) is 7.07. The number of anilines is 1. The summed E-state index contributed by atoms with van der Waals surface area (Å²) in [5.74, 6) is 0.712. The van der Waals surface area contributed by atoms with Crippen molar-refractivity contribution < 1.29 is 9.66 Å². The predicted octanol–water partition coefficient (Wildman–Crippen LogP) is 3.52. The lowest BCUT2D eigenvalue weighted by Crippen LogP contribution is -2.22. The topological polar surface area (TPSA) is 77.3 Å². The minimum absolute atomic E-state index is 0.00728. The van der Waals surface area contributed by atoms with Gasteiger partial charge in [-0.25, -0.2) is 0 Å². The van der Waals surface area contributed by atoms with Crippen molar-refractivity contribution in [1.29, 1.82) is 0 Å². The van der Waals surface area contributed by atoms with Gasteiger partial charge in [0.25, 0.3) is 0 Å². The number of nitrogens with zero attached hydrogens (tertiary/aromatic N) is 2. The van der Waals surface area contributed by atoms with Crippen LogP contribution in [-0.2, 0) is 0 Å². The fraction of sp³-hybridized carbons (Fsp3) is 0.643. The van der Waals surface area contributed by atoms with Gasteiger partial charge in [0.05, 0.1) is 12.0 Å². The SMILES string of the molecule is COc1ccc([N+](=O)[O-])c(NC2CCCCCCC2)n1. The fourth-order valence-corrected chi connectivity index (χ4v) is 2.59. The summed E-state index contributed by atoms with van der Waals surface area (Å²) >= 11 is 0. The molecular formula is C14H21N3O3. The molecule has 0 bridgehead atoms. The monoisotopic (exact) mass is 279 g/mol. The minimum Gasteiger partial charge on any atom is -0.481 e. The molecule has 20 heavy (non-hydrogen) atoms. The van der Waals surface area contributed by atoms with Gasteiger partial charge in [-0.15, -0.1) is 0 Å². The van der Waals surface area contributed by atoms with Crippen LogP contribution < -0.4 is 10.1 Å². The van der Waals surface area contributed by atoms with Crippen molar-refractivity contribution in [2.75, 3.05) is 12.4 Å². The first-order chi connectivity index (χ1) is 9.70. The molecule has 1 aliphatic rings. The Morgan fingerprint density at radius 3 is 2.50 bits per heavy atom. The predicted molar refractivity (Wildman–Crippen MR) is 77.2 cm³/mol. The van der Waals surface area contributed by atoms with Gasteiger partial charge in [0.15, 0.2) is 0 Å². The van der Waals surface area contributed by atoms with Gasteiger partial charge in [0.2, 0.25) is 11.7 Å². The van der Waals surface area contributed by atoms with Gasteiger partial charge in [-0.3, -0.25) is 10.1 Å². The summed E-state index contributed by atoms with van der Waals surface area (Å²) in [7, 11) is 1.51. The summed E-state index contributed by atoms with van der Waals surface area (Å²) < 4.78 is 5.05. The third-order valence-electron chi connectivity index (χ3n) is 3.70. The Labute approximate surface area is 118 Å². The highest BCUT2D eigenvalue weighted by molar-refractivity contribution is 5.57. The molecule has 1 N–H and O–H groups in total. The second-order valence-corrected chi connectivity index (χ2v) is 5.16. The lowest BCUT2D eigenvalue weighted by atomic mass is 9.97. The maximum atomic E-state index is 11.1. The zero-order valence-electron chi connectivity index (χ0n) is 11.8. The Bertz CT molecular complexity index is 457. The molecule has 0 aromatic carbocycles. The minimum atomic E-state index is -0.405. The molecule has 1 aromatic rings. The van der Waals surface area contributed by atoms with E-state index in [-0.39, 0.29) is 11.7 Å². The van der Waals surface area contributed by atoms with Crippen LogP contribution in [0.4, 0.5) is 11.5 Å². The second-order valence-electron chi connectivity index (χ2n) is 5.16. The lowest BCUT2D eigenvalue weighted by molar-refractivity contribution is -0.384. The highest BCUT2D eigenvalue weighted by atomic mass is 16.6. The summed E-state index contributed by atoms with van der Waals surface area (Å²) in [5.41, 5.74) is 0.00728. The van der Waals surface area contributed by atoms with Crippen LogP contribution in [0, 0.1) is 10.1 Å². The molecule has 0 aliphatic heterocycles. The van der Waals surface area contributed by atoms with Gasteiger partial charge >= 0.3 is 5.69 Å². The van der Waals surface area contributed by atoms with E-state index in [9.17, 15) is 10.1 Å². The van der Waals surface area contributed by atoms with Crippen molar-refractivity contribution in [3.05, 3.63) is 22.2 Å². The Hall–Kier alpha value is -1.85. The Kier molecular flexibility index (Phi) is 5.15. The van der Waals surface area contributed by atoms with Crippen LogP contribution in [-0.4, -0.2) is 23.1 Å². The van der Waals surface area contributed by atoms with Crippen LogP contribution in [0.5, 0.6) is 5.88 Å². The van der Waals surface area contributed by atoms with Gasteiger partial charge in [-0.05, 0) is 12.8 Å². The van der Waals surface area contributed by atoms with E-state index >= 15 is 0 Å². The number of rotatable bonds is 4. The van der Waals surface area contributed by atoms with E-state index in [0.717, 1.165) is 25.7 Å². The molecule has 2 rings (SSSR count). The molecule has 0 spiro atoms. The third kappa shape index (κ3) is 3.82. The van der Waals surface area contributed by atoms with Crippen molar-refractivity contribution in [3.63, 3.8) is 0 Å². The Morgan fingerprint density at radius 2 is 1.90 bits per heavy atom. The summed E-state index contributed by atoms with van der Waals surface area (Å²) in [6, 6.07) is 3.21. The summed E-state index contributed by atoms with van der Waals surface area (Å²) in [6.45, 7) is 0. The van der Waals surface area contributed by atoms with E-state index in [4.69, 9.17) is 4.74 Å². The van der Waals surface area contributed by atoms with Crippen LogP contribution in [0.1, 0.15) is 44.9 Å². The van der Waals surface area contributed by atoms with Crippen LogP contribution >= 0.6 is 0 Å². The number of hydrogen-bond acceptors (Lipinski definition) is 5. The van der Waals surface area contributed by atoms with Gasteiger partial charge in [0, 0.05) is 18.2 Å². The van der Waals surface area contributed by atoms with E-state index in [1.165, 1.54) is 38.5 Å². The fourth-order valence-electron chi connectivity index (χ4n) is 2.59. The smallest absolute Gasteiger partial charge is 0.311 e. The highest BCUT2D eigenvalue weighted by Crippen LogP contribution is 2.28. The van der Waals surface area contributed by atoms with E-state index in [2.05, 4.69) is 10.3 Å². The number of aromatic nitrogens is 1. The Balaban J connectivity index is 2.14. The quantitative estimate of drug-likeness (QED) is 0.674. The molecule has 1 fully saturated rings. The van der Waals surface area contributed by atoms with Crippen molar-refractivity contribution in [2.24, 2.45) is 0 Å². The van der Waals surface area contributed by atoms with Crippen molar-refractivity contribution in [1.82, 2.24) is 4.98 Å². The van der Waals surface area contributed by atoms with E-state index in [1.54, 1.807) is 0 Å². The lowest BCUT2D eigenvalue weighted by Gasteiger charge is -2.21. The maximum Gasteiger partial charge on any atom is 0.311 e. The molecule has 0 radical (unpaired) electrons. The average molecular weight is 279 g/mol. The van der Waals surface area contributed by atoms with E-state index in [0.29, 0.717) is 11.7 Å².